The Morgan fingerprint density at radius 2 is 2.04 bits per heavy atom. The Labute approximate surface area is 144 Å². The fraction of sp³-hybridized carbons (Fsp3) is 0.579. The molecule has 0 bridgehead atoms. The summed E-state index contributed by atoms with van der Waals surface area (Å²) in [6, 6.07) is 9.31. The molecule has 1 aromatic rings. The number of benzene rings is 1. The van der Waals surface area contributed by atoms with Crippen LogP contribution in [-0.4, -0.2) is 35.8 Å². The van der Waals surface area contributed by atoms with Gasteiger partial charge in [0.1, 0.15) is 6.04 Å². The van der Waals surface area contributed by atoms with E-state index in [4.69, 9.17) is 5.73 Å². The molecule has 1 aliphatic rings. The summed E-state index contributed by atoms with van der Waals surface area (Å²) in [5, 5.41) is 3.10. The van der Waals surface area contributed by atoms with Crippen LogP contribution in [0, 0.1) is 5.92 Å². The van der Waals surface area contributed by atoms with Gasteiger partial charge in [-0.2, -0.15) is 0 Å². The van der Waals surface area contributed by atoms with Gasteiger partial charge in [0.2, 0.25) is 11.8 Å². The number of carbonyl (C=O) groups excluding carboxylic acids is 2. The minimum atomic E-state index is -0.463. The summed E-state index contributed by atoms with van der Waals surface area (Å²) >= 11 is 0. The van der Waals surface area contributed by atoms with E-state index in [1.165, 1.54) is 0 Å². The number of piperidine rings is 1. The highest BCUT2D eigenvalue weighted by Crippen LogP contribution is 2.27. The predicted octanol–water partition coefficient (Wildman–Crippen LogP) is 2.23. The van der Waals surface area contributed by atoms with Crippen LogP contribution < -0.4 is 11.1 Å². The maximum atomic E-state index is 12.5. The van der Waals surface area contributed by atoms with Crippen molar-refractivity contribution in [1.82, 2.24) is 10.2 Å². The monoisotopic (exact) mass is 331 g/mol. The third kappa shape index (κ3) is 4.81. The highest BCUT2D eigenvalue weighted by atomic mass is 16.2. The van der Waals surface area contributed by atoms with Gasteiger partial charge in [0, 0.05) is 12.6 Å². The second-order valence-electron chi connectivity index (χ2n) is 6.75. The lowest BCUT2D eigenvalue weighted by molar-refractivity contribution is -0.131. The molecule has 0 saturated carbocycles. The first-order valence-corrected chi connectivity index (χ1v) is 8.91. The normalized spacial score (nSPS) is 21.0. The number of nitrogens with zero attached hydrogens (tertiary/aromatic N) is 1. The molecule has 0 radical (unpaired) electrons. The molecule has 0 aliphatic carbocycles. The first-order chi connectivity index (χ1) is 11.5. The molecule has 24 heavy (non-hydrogen) atoms. The molecule has 0 aromatic heterocycles. The van der Waals surface area contributed by atoms with Gasteiger partial charge in [-0.25, -0.2) is 0 Å². The summed E-state index contributed by atoms with van der Waals surface area (Å²) < 4.78 is 0. The lowest BCUT2D eigenvalue weighted by Gasteiger charge is -2.36. The summed E-state index contributed by atoms with van der Waals surface area (Å²) in [6.45, 7) is 5.52. The molecule has 1 aliphatic heterocycles. The van der Waals surface area contributed by atoms with Crippen molar-refractivity contribution < 1.29 is 9.59 Å². The second-order valence-corrected chi connectivity index (χ2v) is 6.75. The summed E-state index contributed by atoms with van der Waals surface area (Å²) in [4.78, 5) is 26.6. The van der Waals surface area contributed by atoms with Gasteiger partial charge in [-0.1, -0.05) is 43.7 Å². The average molecular weight is 331 g/mol. The molecule has 0 spiro atoms. The molecular formula is C19H29N3O2. The van der Waals surface area contributed by atoms with E-state index in [-0.39, 0.29) is 23.8 Å². The van der Waals surface area contributed by atoms with E-state index in [0.29, 0.717) is 6.54 Å². The molecule has 1 aromatic carbocycles. The minimum absolute atomic E-state index is 0.0800. The summed E-state index contributed by atoms with van der Waals surface area (Å²) in [6.07, 6.45) is 3.80. The van der Waals surface area contributed by atoms with E-state index in [2.05, 4.69) is 17.1 Å². The Morgan fingerprint density at radius 1 is 1.33 bits per heavy atom. The third-order valence-corrected chi connectivity index (χ3v) is 4.68. The molecule has 2 rings (SSSR count). The van der Waals surface area contributed by atoms with Crippen molar-refractivity contribution in [2.75, 3.05) is 13.1 Å². The maximum absolute atomic E-state index is 12.5. The van der Waals surface area contributed by atoms with E-state index >= 15 is 0 Å². The number of carbonyl (C=O) groups is 2. The summed E-state index contributed by atoms with van der Waals surface area (Å²) in [5.74, 6) is -0.345. The molecule has 1 saturated heterocycles. The van der Waals surface area contributed by atoms with Crippen LogP contribution in [-0.2, 0) is 9.59 Å². The van der Waals surface area contributed by atoms with Gasteiger partial charge in [0.15, 0.2) is 0 Å². The zero-order valence-electron chi connectivity index (χ0n) is 14.7. The number of rotatable bonds is 7. The van der Waals surface area contributed by atoms with Gasteiger partial charge in [-0.05, 0) is 38.3 Å². The quantitative estimate of drug-likeness (QED) is 0.804. The van der Waals surface area contributed by atoms with Crippen LogP contribution in [0.4, 0.5) is 0 Å². The van der Waals surface area contributed by atoms with Crippen LogP contribution in [0.5, 0.6) is 0 Å². The Hall–Kier alpha value is -1.88. The van der Waals surface area contributed by atoms with Crippen LogP contribution in [0.15, 0.2) is 30.3 Å². The van der Waals surface area contributed by atoms with Crippen molar-refractivity contribution in [1.29, 1.82) is 0 Å². The highest BCUT2D eigenvalue weighted by Gasteiger charge is 2.33. The fourth-order valence-corrected chi connectivity index (χ4v) is 3.51. The molecule has 132 valence electrons. The third-order valence-electron chi connectivity index (χ3n) is 4.68. The molecule has 5 nitrogen and oxygen atoms in total. The van der Waals surface area contributed by atoms with Gasteiger partial charge in [-0.3, -0.25) is 14.5 Å². The predicted molar refractivity (Wildman–Crippen MR) is 95.2 cm³/mol. The highest BCUT2D eigenvalue weighted by molar-refractivity contribution is 5.82. The lowest BCUT2D eigenvalue weighted by Crippen LogP contribution is -2.48. The molecule has 3 atom stereocenters. The second kappa shape index (κ2) is 8.83. The minimum Gasteiger partial charge on any atom is -0.368 e. The van der Waals surface area contributed by atoms with Crippen LogP contribution >= 0.6 is 0 Å². The van der Waals surface area contributed by atoms with Gasteiger partial charge >= 0.3 is 0 Å². The molecule has 5 heteroatoms. The van der Waals surface area contributed by atoms with E-state index in [9.17, 15) is 9.59 Å². The number of amides is 2. The molecule has 0 unspecified atom stereocenters. The van der Waals surface area contributed by atoms with Gasteiger partial charge in [0.25, 0.3) is 0 Å². The van der Waals surface area contributed by atoms with Crippen molar-refractivity contribution in [2.45, 2.75) is 51.6 Å². The van der Waals surface area contributed by atoms with E-state index in [1.54, 1.807) is 0 Å². The van der Waals surface area contributed by atoms with Crippen molar-refractivity contribution in [2.24, 2.45) is 11.7 Å². The Bertz CT molecular complexity index is 547. The number of nitrogens with one attached hydrogen (secondary N) is 1. The Balaban J connectivity index is 2.05. The first kappa shape index (κ1) is 18.5. The van der Waals surface area contributed by atoms with Crippen LogP contribution in [0.1, 0.15) is 51.1 Å². The number of hydrogen-bond donors (Lipinski definition) is 2. The largest absolute Gasteiger partial charge is 0.368 e. The van der Waals surface area contributed by atoms with Gasteiger partial charge < -0.3 is 11.1 Å². The topological polar surface area (TPSA) is 75.4 Å². The lowest BCUT2D eigenvalue weighted by atomic mass is 9.93. The number of hydrogen-bond acceptors (Lipinski definition) is 3. The number of primary amides is 1. The zero-order chi connectivity index (χ0) is 17.5. The molecule has 1 fully saturated rings. The summed E-state index contributed by atoms with van der Waals surface area (Å²) in [7, 11) is 0. The van der Waals surface area contributed by atoms with E-state index in [0.717, 1.165) is 37.8 Å². The smallest absolute Gasteiger partial charge is 0.239 e. The van der Waals surface area contributed by atoms with Gasteiger partial charge in [-0.15, -0.1) is 0 Å². The summed E-state index contributed by atoms with van der Waals surface area (Å²) in [5.41, 5.74) is 6.55. The van der Waals surface area contributed by atoms with Crippen molar-refractivity contribution >= 4 is 11.8 Å². The first-order valence-electron chi connectivity index (χ1n) is 8.91. The van der Waals surface area contributed by atoms with Crippen LogP contribution in [0.3, 0.4) is 0 Å². The van der Waals surface area contributed by atoms with Crippen LogP contribution in [0.25, 0.3) is 0 Å². The molecule has 3 N–H and O–H groups in total. The van der Waals surface area contributed by atoms with Crippen molar-refractivity contribution in [3.63, 3.8) is 0 Å². The maximum Gasteiger partial charge on any atom is 0.239 e. The molecular weight excluding hydrogens is 302 g/mol. The van der Waals surface area contributed by atoms with Gasteiger partial charge in [0.05, 0.1) is 5.92 Å². The zero-order valence-corrected chi connectivity index (χ0v) is 14.7. The van der Waals surface area contributed by atoms with E-state index in [1.807, 2.05) is 37.3 Å². The Morgan fingerprint density at radius 3 is 2.67 bits per heavy atom. The Kier molecular flexibility index (Phi) is 6.79. The van der Waals surface area contributed by atoms with E-state index < -0.39 is 6.04 Å². The molecule has 2 amide bonds. The van der Waals surface area contributed by atoms with Crippen molar-refractivity contribution in [3.8, 4) is 0 Å². The average Bonchev–Trinajstić information content (AvgIpc) is 2.56. The number of likely N-dealkylation sites (tertiary alicyclic amines) is 1. The molecule has 1 heterocycles. The van der Waals surface area contributed by atoms with Crippen LogP contribution in [0.2, 0.25) is 0 Å². The standard InChI is InChI=1S/C19H29N3O2/c1-3-8-14(2)21-19(24)16-11-7-12-22(13-16)17(18(20)23)15-9-5-4-6-10-15/h4-6,9-10,14,16-17H,3,7-8,11-13H2,1-2H3,(H2,20,23)(H,21,24)/t14-,16+,17-/m0/s1. The SMILES string of the molecule is CCC[C@H](C)NC(=O)[C@@H]1CCCN([C@H](C(N)=O)c2ccccc2)C1. The van der Waals surface area contributed by atoms with Crippen molar-refractivity contribution in [3.05, 3.63) is 35.9 Å². The number of nitrogens with two attached hydrogens (primary N) is 1. The fourth-order valence-electron chi connectivity index (χ4n) is 3.51.